The highest BCUT2D eigenvalue weighted by Gasteiger charge is 2.06. The van der Waals surface area contributed by atoms with Crippen LogP contribution < -0.4 is 11.5 Å². The van der Waals surface area contributed by atoms with Gasteiger partial charge < -0.3 is 11.5 Å². The first-order chi connectivity index (χ1) is 8.06. The molecule has 0 radical (unpaired) electrons. The molecular formula is C11H11BrN4O. The zero-order valence-corrected chi connectivity index (χ0v) is 10.5. The molecule has 0 saturated carbocycles. The van der Waals surface area contributed by atoms with Gasteiger partial charge in [0.05, 0.1) is 17.2 Å². The summed E-state index contributed by atoms with van der Waals surface area (Å²) >= 11 is 3.32. The monoisotopic (exact) mass is 294 g/mol. The molecule has 0 bridgehead atoms. The first kappa shape index (κ1) is 11.7. The lowest BCUT2D eigenvalue weighted by Crippen LogP contribution is -2.12. The largest absolute Gasteiger partial charge is 0.398 e. The lowest BCUT2D eigenvalue weighted by molar-refractivity contribution is 0.100. The molecule has 0 fully saturated rings. The number of carbonyl (C=O) groups is 1. The minimum absolute atomic E-state index is 0.410. The van der Waals surface area contributed by atoms with Crippen LogP contribution in [0, 0.1) is 0 Å². The average molecular weight is 295 g/mol. The van der Waals surface area contributed by atoms with Gasteiger partial charge >= 0.3 is 0 Å². The molecule has 0 saturated heterocycles. The Kier molecular flexibility index (Phi) is 3.14. The summed E-state index contributed by atoms with van der Waals surface area (Å²) in [4.78, 5) is 11.0. The Labute approximate surface area is 107 Å². The first-order valence-corrected chi connectivity index (χ1v) is 5.72. The molecule has 1 aromatic carbocycles. The molecule has 1 amide bonds. The summed E-state index contributed by atoms with van der Waals surface area (Å²) in [6.45, 7) is 0.552. The Bertz CT molecular complexity index is 564. The van der Waals surface area contributed by atoms with Crippen molar-refractivity contribution >= 4 is 27.5 Å². The van der Waals surface area contributed by atoms with Crippen molar-refractivity contribution in [3.63, 3.8) is 0 Å². The Hall–Kier alpha value is -1.82. The van der Waals surface area contributed by atoms with Crippen LogP contribution in [0.1, 0.15) is 15.9 Å². The molecule has 0 atom stereocenters. The Morgan fingerprint density at radius 2 is 2.24 bits per heavy atom. The molecule has 2 aromatic rings. The summed E-state index contributed by atoms with van der Waals surface area (Å²) in [5, 5.41) is 4.13. The van der Waals surface area contributed by atoms with Crippen molar-refractivity contribution < 1.29 is 4.79 Å². The summed E-state index contributed by atoms with van der Waals surface area (Å²) in [5.41, 5.74) is 12.9. The number of nitrogen functional groups attached to an aromatic ring is 1. The number of nitrogens with zero attached hydrogens (tertiary/aromatic N) is 2. The highest BCUT2D eigenvalue weighted by atomic mass is 79.9. The van der Waals surface area contributed by atoms with E-state index in [-0.39, 0.29) is 0 Å². The van der Waals surface area contributed by atoms with Crippen molar-refractivity contribution in [2.45, 2.75) is 6.54 Å². The third-order valence-electron chi connectivity index (χ3n) is 2.36. The number of carbonyl (C=O) groups excluding carboxylic acids is 1. The maximum Gasteiger partial charge on any atom is 0.248 e. The minimum Gasteiger partial charge on any atom is -0.398 e. The maximum absolute atomic E-state index is 11.0. The van der Waals surface area contributed by atoms with Gasteiger partial charge in [0.1, 0.15) is 0 Å². The fourth-order valence-electron chi connectivity index (χ4n) is 1.49. The summed E-state index contributed by atoms with van der Waals surface area (Å²) in [7, 11) is 0. The fourth-order valence-corrected chi connectivity index (χ4v) is 1.82. The van der Waals surface area contributed by atoms with Crippen LogP contribution in [0.25, 0.3) is 0 Å². The first-order valence-electron chi connectivity index (χ1n) is 4.92. The lowest BCUT2D eigenvalue weighted by Gasteiger charge is -2.07. The number of hydrogen-bond donors (Lipinski definition) is 2. The van der Waals surface area contributed by atoms with Crippen LogP contribution in [0.4, 0.5) is 5.69 Å². The second-order valence-corrected chi connectivity index (χ2v) is 4.55. The number of benzene rings is 1. The lowest BCUT2D eigenvalue weighted by atomic mass is 10.1. The molecule has 5 nitrogen and oxygen atoms in total. The third-order valence-corrected chi connectivity index (χ3v) is 2.77. The molecule has 4 N–H and O–H groups in total. The molecule has 0 aliphatic rings. The number of nitrogens with two attached hydrogens (primary N) is 2. The molecule has 1 heterocycles. The molecular weight excluding hydrogens is 284 g/mol. The quantitative estimate of drug-likeness (QED) is 0.838. The van der Waals surface area contributed by atoms with Crippen molar-refractivity contribution in [3.8, 4) is 0 Å². The van der Waals surface area contributed by atoms with Crippen LogP contribution in [0.5, 0.6) is 0 Å². The smallest absolute Gasteiger partial charge is 0.248 e. The standard InChI is InChI=1S/C11H11BrN4O/c12-9-4-15-16(6-9)5-8-2-1-7(11(14)17)3-10(8)13/h1-4,6H,5,13H2,(H2,14,17). The third kappa shape index (κ3) is 2.65. The van der Waals surface area contributed by atoms with Crippen LogP contribution in [0.2, 0.25) is 0 Å². The minimum atomic E-state index is -0.481. The highest BCUT2D eigenvalue weighted by Crippen LogP contribution is 2.16. The fraction of sp³-hybridized carbons (Fsp3) is 0.0909. The maximum atomic E-state index is 11.0. The molecule has 0 aliphatic carbocycles. The van der Waals surface area contributed by atoms with E-state index in [9.17, 15) is 4.79 Å². The van der Waals surface area contributed by atoms with E-state index in [4.69, 9.17) is 11.5 Å². The van der Waals surface area contributed by atoms with E-state index in [1.54, 1.807) is 29.1 Å². The Morgan fingerprint density at radius 3 is 2.76 bits per heavy atom. The van der Waals surface area contributed by atoms with Gasteiger partial charge in [-0.15, -0.1) is 0 Å². The van der Waals surface area contributed by atoms with Crippen LogP contribution in [-0.2, 0) is 6.54 Å². The van der Waals surface area contributed by atoms with Gasteiger partial charge in [-0.1, -0.05) is 6.07 Å². The van der Waals surface area contributed by atoms with E-state index in [2.05, 4.69) is 21.0 Å². The Morgan fingerprint density at radius 1 is 1.47 bits per heavy atom. The summed E-state index contributed by atoms with van der Waals surface area (Å²) < 4.78 is 2.66. The zero-order chi connectivity index (χ0) is 12.4. The van der Waals surface area contributed by atoms with E-state index in [0.717, 1.165) is 10.0 Å². The molecule has 0 aliphatic heterocycles. The van der Waals surface area contributed by atoms with Gasteiger partial charge in [-0.3, -0.25) is 9.48 Å². The van der Waals surface area contributed by atoms with Gasteiger partial charge in [-0.2, -0.15) is 5.10 Å². The van der Waals surface area contributed by atoms with Gasteiger partial charge in [-0.05, 0) is 33.6 Å². The molecule has 17 heavy (non-hydrogen) atoms. The van der Waals surface area contributed by atoms with Gasteiger partial charge in [0.25, 0.3) is 0 Å². The number of amides is 1. The number of hydrogen-bond acceptors (Lipinski definition) is 3. The van der Waals surface area contributed by atoms with Crippen molar-refractivity contribution in [1.29, 1.82) is 0 Å². The number of rotatable bonds is 3. The van der Waals surface area contributed by atoms with Crippen molar-refractivity contribution in [2.24, 2.45) is 5.73 Å². The van der Waals surface area contributed by atoms with Crippen LogP contribution >= 0.6 is 15.9 Å². The predicted octanol–water partition coefficient (Wildman–Crippen LogP) is 1.38. The second kappa shape index (κ2) is 4.58. The topological polar surface area (TPSA) is 86.9 Å². The number of aromatic nitrogens is 2. The van der Waals surface area contributed by atoms with E-state index in [1.165, 1.54) is 0 Å². The molecule has 6 heteroatoms. The van der Waals surface area contributed by atoms with Gasteiger partial charge in [-0.25, -0.2) is 0 Å². The van der Waals surface area contributed by atoms with Crippen LogP contribution in [0.3, 0.4) is 0 Å². The zero-order valence-electron chi connectivity index (χ0n) is 8.93. The summed E-state index contributed by atoms with van der Waals surface area (Å²) in [6.07, 6.45) is 3.55. The van der Waals surface area contributed by atoms with E-state index in [0.29, 0.717) is 17.8 Å². The number of halogens is 1. The van der Waals surface area contributed by atoms with Gasteiger partial charge in [0.2, 0.25) is 5.91 Å². The van der Waals surface area contributed by atoms with Crippen molar-refractivity contribution in [2.75, 3.05) is 5.73 Å². The van der Waals surface area contributed by atoms with E-state index in [1.807, 2.05) is 6.20 Å². The molecule has 88 valence electrons. The predicted molar refractivity (Wildman–Crippen MR) is 68.4 cm³/mol. The average Bonchev–Trinajstić information content (AvgIpc) is 2.67. The van der Waals surface area contributed by atoms with E-state index >= 15 is 0 Å². The SMILES string of the molecule is NC(=O)c1ccc(Cn2cc(Br)cn2)c(N)c1. The van der Waals surface area contributed by atoms with Gasteiger partial charge in [0, 0.05) is 17.4 Å². The Balaban J connectivity index is 2.25. The number of primary amides is 1. The summed E-state index contributed by atoms with van der Waals surface area (Å²) in [6, 6.07) is 5.02. The molecule has 0 unspecified atom stereocenters. The molecule has 1 aromatic heterocycles. The van der Waals surface area contributed by atoms with Crippen molar-refractivity contribution in [1.82, 2.24) is 9.78 Å². The summed E-state index contributed by atoms with van der Waals surface area (Å²) in [5.74, 6) is -0.481. The van der Waals surface area contributed by atoms with Crippen molar-refractivity contribution in [3.05, 3.63) is 46.2 Å². The van der Waals surface area contributed by atoms with Crippen LogP contribution in [0.15, 0.2) is 35.1 Å². The second-order valence-electron chi connectivity index (χ2n) is 3.63. The molecule has 0 spiro atoms. The van der Waals surface area contributed by atoms with Gasteiger partial charge in [0.15, 0.2) is 0 Å². The molecule has 2 rings (SSSR count). The highest BCUT2D eigenvalue weighted by molar-refractivity contribution is 9.10. The van der Waals surface area contributed by atoms with Crippen LogP contribution in [-0.4, -0.2) is 15.7 Å². The number of anilines is 1. The normalized spacial score (nSPS) is 10.4. The van der Waals surface area contributed by atoms with E-state index < -0.39 is 5.91 Å².